The summed E-state index contributed by atoms with van der Waals surface area (Å²) in [7, 11) is 0. The van der Waals surface area contributed by atoms with Crippen LogP contribution in [0.4, 0.5) is 5.69 Å². The smallest absolute Gasteiger partial charge is 0.274 e. The molecule has 2 rings (SSSR count). The maximum atomic E-state index is 12.3. The Hall–Kier alpha value is -2.69. The van der Waals surface area contributed by atoms with Crippen LogP contribution in [0.1, 0.15) is 54.2 Å². The highest BCUT2D eigenvalue weighted by Gasteiger charge is 2.17. The molecule has 0 radical (unpaired) electrons. The molecule has 2 N–H and O–H groups in total. The number of benzene rings is 1. The Bertz CT molecular complexity index is 731. The molecule has 0 aliphatic carbocycles. The fraction of sp³-hybridized carbons (Fsp3) is 0.316. The average molecular weight is 325 g/mol. The zero-order valence-electron chi connectivity index (χ0n) is 14.5. The van der Waals surface area contributed by atoms with Crippen molar-refractivity contribution in [2.45, 2.75) is 39.7 Å². The lowest BCUT2D eigenvalue weighted by molar-refractivity contribution is 0.0914. The van der Waals surface area contributed by atoms with Crippen molar-refractivity contribution >= 4 is 17.5 Å². The van der Waals surface area contributed by atoms with Gasteiger partial charge in [0.1, 0.15) is 11.4 Å². The predicted octanol–water partition coefficient (Wildman–Crippen LogP) is 3.42. The SMILES string of the molecule is CCc1ccc(NC(=O)c2cccc(C(=O)NC(C)(C)C)n2)cc1. The summed E-state index contributed by atoms with van der Waals surface area (Å²) in [6.45, 7) is 7.75. The first-order chi connectivity index (χ1) is 11.3. The van der Waals surface area contributed by atoms with E-state index in [1.807, 2.05) is 45.0 Å². The second kappa shape index (κ2) is 7.25. The van der Waals surface area contributed by atoms with Gasteiger partial charge < -0.3 is 10.6 Å². The monoisotopic (exact) mass is 325 g/mol. The van der Waals surface area contributed by atoms with E-state index < -0.39 is 0 Å². The number of pyridine rings is 1. The zero-order valence-corrected chi connectivity index (χ0v) is 14.5. The largest absolute Gasteiger partial charge is 0.346 e. The molecule has 126 valence electrons. The number of aryl methyl sites for hydroxylation is 1. The maximum Gasteiger partial charge on any atom is 0.274 e. The molecule has 2 amide bonds. The highest BCUT2D eigenvalue weighted by Crippen LogP contribution is 2.12. The molecular weight excluding hydrogens is 302 g/mol. The van der Waals surface area contributed by atoms with Gasteiger partial charge in [0.2, 0.25) is 0 Å². The molecule has 0 bridgehead atoms. The molecule has 0 aliphatic heterocycles. The molecule has 2 aromatic rings. The van der Waals surface area contributed by atoms with E-state index in [9.17, 15) is 9.59 Å². The molecule has 0 spiro atoms. The van der Waals surface area contributed by atoms with E-state index in [0.717, 1.165) is 6.42 Å². The lowest BCUT2D eigenvalue weighted by Gasteiger charge is -2.20. The van der Waals surface area contributed by atoms with Gasteiger partial charge >= 0.3 is 0 Å². The maximum absolute atomic E-state index is 12.3. The summed E-state index contributed by atoms with van der Waals surface area (Å²) in [5.74, 6) is -0.644. The number of amides is 2. The zero-order chi connectivity index (χ0) is 17.7. The van der Waals surface area contributed by atoms with Crippen LogP contribution in [0.3, 0.4) is 0 Å². The van der Waals surface area contributed by atoms with Crippen molar-refractivity contribution in [3.8, 4) is 0 Å². The second-order valence-corrected chi connectivity index (χ2v) is 6.62. The number of hydrogen-bond donors (Lipinski definition) is 2. The van der Waals surface area contributed by atoms with Crippen LogP contribution < -0.4 is 10.6 Å². The molecule has 1 aromatic heterocycles. The van der Waals surface area contributed by atoms with Crippen molar-refractivity contribution in [1.29, 1.82) is 0 Å². The van der Waals surface area contributed by atoms with E-state index in [1.54, 1.807) is 18.2 Å². The van der Waals surface area contributed by atoms with E-state index in [4.69, 9.17) is 0 Å². The number of nitrogens with zero attached hydrogens (tertiary/aromatic N) is 1. The fourth-order valence-electron chi connectivity index (χ4n) is 2.11. The van der Waals surface area contributed by atoms with Gasteiger partial charge in [0.25, 0.3) is 11.8 Å². The third-order valence-electron chi connectivity index (χ3n) is 3.32. The van der Waals surface area contributed by atoms with Crippen molar-refractivity contribution in [3.05, 3.63) is 59.4 Å². The molecule has 0 aliphatic rings. The first-order valence-electron chi connectivity index (χ1n) is 7.98. The third kappa shape index (κ3) is 4.91. The van der Waals surface area contributed by atoms with Gasteiger partial charge in [-0.05, 0) is 57.0 Å². The molecule has 5 heteroatoms. The summed E-state index contributed by atoms with van der Waals surface area (Å²) in [4.78, 5) is 28.6. The Morgan fingerprint density at radius 3 is 2.08 bits per heavy atom. The summed E-state index contributed by atoms with van der Waals surface area (Å²) in [6, 6.07) is 12.5. The van der Waals surface area contributed by atoms with Gasteiger partial charge in [-0.25, -0.2) is 4.98 Å². The Balaban J connectivity index is 2.12. The first kappa shape index (κ1) is 17.7. The molecule has 0 saturated carbocycles. The molecule has 1 heterocycles. The van der Waals surface area contributed by atoms with Crippen LogP contribution in [0.25, 0.3) is 0 Å². The standard InChI is InChI=1S/C19H23N3O2/c1-5-13-9-11-14(12-10-13)20-17(23)15-7-6-8-16(21-15)18(24)22-19(2,3)4/h6-12H,5H2,1-4H3,(H,20,23)(H,22,24). The van der Waals surface area contributed by atoms with Crippen molar-refractivity contribution in [2.75, 3.05) is 5.32 Å². The second-order valence-electron chi connectivity index (χ2n) is 6.62. The lowest BCUT2D eigenvalue weighted by Crippen LogP contribution is -2.41. The van der Waals surface area contributed by atoms with Gasteiger partial charge in [0.15, 0.2) is 0 Å². The quantitative estimate of drug-likeness (QED) is 0.905. The minimum absolute atomic E-state index is 0.205. The van der Waals surface area contributed by atoms with Crippen molar-refractivity contribution in [1.82, 2.24) is 10.3 Å². The van der Waals surface area contributed by atoms with Gasteiger partial charge in [-0.1, -0.05) is 25.1 Å². The minimum atomic E-state index is -0.363. The first-order valence-corrected chi connectivity index (χ1v) is 7.98. The summed E-state index contributed by atoms with van der Waals surface area (Å²) in [6.07, 6.45) is 0.945. The van der Waals surface area contributed by atoms with Gasteiger partial charge in [-0.2, -0.15) is 0 Å². The van der Waals surface area contributed by atoms with Crippen LogP contribution >= 0.6 is 0 Å². The van der Waals surface area contributed by atoms with Crippen LogP contribution in [-0.4, -0.2) is 22.3 Å². The van der Waals surface area contributed by atoms with E-state index in [-0.39, 0.29) is 28.7 Å². The predicted molar refractivity (Wildman–Crippen MR) is 95.2 cm³/mol. The topological polar surface area (TPSA) is 71.1 Å². The summed E-state index contributed by atoms with van der Waals surface area (Å²) in [5, 5.41) is 5.62. The van der Waals surface area contributed by atoms with E-state index in [2.05, 4.69) is 22.5 Å². The number of rotatable bonds is 4. The number of aromatic nitrogens is 1. The highest BCUT2D eigenvalue weighted by atomic mass is 16.2. The molecule has 0 atom stereocenters. The Morgan fingerprint density at radius 2 is 1.54 bits per heavy atom. The van der Waals surface area contributed by atoms with Crippen molar-refractivity contribution < 1.29 is 9.59 Å². The number of carbonyl (C=O) groups is 2. The van der Waals surface area contributed by atoms with Crippen LogP contribution in [0, 0.1) is 0 Å². The number of nitrogens with one attached hydrogen (secondary N) is 2. The van der Waals surface area contributed by atoms with E-state index in [0.29, 0.717) is 5.69 Å². The number of anilines is 1. The van der Waals surface area contributed by atoms with Crippen LogP contribution in [-0.2, 0) is 6.42 Å². The Labute approximate surface area is 142 Å². The summed E-state index contributed by atoms with van der Waals surface area (Å²) >= 11 is 0. The van der Waals surface area contributed by atoms with Gasteiger partial charge in [-0.15, -0.1) is 0 Å². The molecule has 0 saturated heterocycles. The molecule has 0 fully saturated rings. The van der Waals surface area contributed by atoms with Crippen molar-refractivity contribution in [3.63, 3.8) is 0 Å². The number of hydrogen-bond acceptors (Lipinski definition) is 3. The van der Waals surface area contributed by atoms with Crippen LogP contribution in [0.15, 0.2) is 42.5 Å². The number of carbonyl (C=O) groups excluding carboxylic acids is 2. The van der Waals surface area contributed by atoms with Crippen molar-refractivity contribution in [2.24, 2.45) is 0 Å². The Morgan fingerprint density at radius 1 is 0.958 bits per heavy atom. The Kier molecular flexibility index (Phi) is 5.34. The van der Waals surface area contributed by atoms with Gasteiger partial charge in [0, 0.05) is 11.2 Å². The lowest BCUT2D eigenvalue weighted by atomic mass is 10.1. The van der Waals surface area contributed by atoms with E-state index in [1.165, 1.54) is 5.56 Å². The molecule has 1 aromatic carbocycles. The van der Waals surface area contributed by atoms with Gasteiger partial charge in [-0.3, -0.25) is 9.59 Å². The molecule has 24 heavy (non-hydrogen) atoms. The minimum Gasteiger partial charge on any atom is -0.346 e. The van der Waals surface area contributed by atoms with Crippen LogP contribution in [0.5, 0.6) is 0 Å². The van der Waals surface area contributed by atoms with E-state index >= 15 is 0 Å². The fourth-order valence-corrected chi connectivity index (χ4v) is 2.11. The van der Waals surface area contributed by atoms with Gasteiger partial charge in [0.05, 0.1) is 0 Å². The summed E-state index contributed by atoms with van der Waals surface area (Å²) < 4.78 is 0. The normalized spacial score (nSPS) is 11.0. The molecular formula is C19H23N3O2. The average Bonchev–Trinajstić information content (AvgIpc) is 2.54. The molecule has 0 unspecified atom stereocenters. The third-order valence-corrected chi connectivity index (χ3v) is 3.32. The molecule has 5 nitrogen and oxygen atoms in total. The summed E-state index contributed by atoms with van der Waals surface area (Å²) in [5.41, 5.74) is 1.96. The highest BCUT2D eigenvalue weighted by molar-refractivity contribution is 6.03. The van der Waals surface area contributed by atoms with Crippen LogP contribution in [0.2, 0.25) is 0 Å².